The molecule has 0 fully saturated rings. The third kappa shape index (κ3) is 2.70. The number of methoxy groups -OCH3 is 1. The second-order valence-corrected chi connectivity index (χ2v) is 5.24. The van der Waals surface area contributed by atoms with Crippen LogP contribution in [0.2, 0.25) is 0 Å². The molecule has 3 rings (SSSR count). The lowest BCUT2D eigenvalue weighted by molar-refractivity contribution is 0.379. The zero-order valence-electron chi connectivity index (χ0n) is 12.5. The molecule has 0 aliphatic rings. The molecule has 0 N–H and O–H groups in total. The number of fused-ring (bicyclic) bond motifs is 1. The van der Waals surface area contributed by atoms with Gasteiger partial charge in [-0.25, -0.2) is 0 Å². The third-order valence-corrected chi connectivity index (χ3v) is 3.51. The molecular formula is C19H18O2. The molecule has 2 heteroatoms. The highest BCUT2D eigenvalue weighted by Gasteiger charge is 2.09. The van der Waals surface area contributed by atoms with E-state index in [1.807, 2.05) is 37.3 Å². The van der Waals surface area contributed by atoms with Crippen molar-refractivity contribution >= 4 is 10.8 Å². The van der Waals surface area contributed by atoms with Gasteiger partial charge < -0.3 is 9.47 Å². The highest BCUT2D eigenvalue weighted by atomic mass is 16.5. The Morgan fingerprint density at radius 3 is 2.29 bits per heavy atom. The lowest BCUT2D eigenvalue weighted by Crippen LogP contribution is -1.92. The molecule has 106 valence electrons. The van der Waals surface area contributed by atoms with Crippen LogP contribution < -0.4 is 9.47 Å². The Morgan fingerprint density at radius 1 is 0.714 bits per heavy atom. The van der Waals surface area contributed by atoms with E-state index in [0.717, 1.165) is 28.2 Å². The monoisotopic (exact) mass is 278 g/mol. The lowest BCUT2D eigenvalue weighted by Gasteiger charge is -2.13. The molecule has 0 amide bonds. The van der Waals surface area contributed by atoms with Gasteiger partial charge in [0.25, 0.3) is 0 Å². The van der Waals surface area contributed by atoms with Crippen LogP contribution in [-0.4, -0.2) is 7.11 Å². The molecule has 2 nitrogen and oxygen atoms in total. The summed E-state index contributed by atoms with van der Waals surface area (Å²) in [5.41, 5.74) is 2.32. The van der Waals surface area contributed by atoms with Crippen molar-refractivity contribution in [2.45, 2.75) is 13.8 Å². The van der Waals surface area contributed by atoms with E-state index in [1.165, 1.54) is 10.9 Å². The molecule has 0 radical (unpaired) electrons. The van der Waals surface area contributed by atoms with Crippen LogP contribution in [0.4, 0.5) is 0 Å². The molecule has 0 saturated carbocycles. The molecule has 0 unspecified atom stereocenters. The number of aryl methyl sites for hydroxylation is 2. The molecule has 0 aliphatic carbocycles. The highest BCUT2D eigenvalue weighted by molar-refractivity contribution is 5.89. The van der Waals surface area contributed by atoms with Crippen LogP contribution in [0.5, 0.6) is 17.2 Å². The van der Waals surface area contributed by atoms with E-state index in [1.54, 1.807) is 7.11 Å². The summed E-state index contributed by atoms with van der Waals surface area (Å²) in [6.45, 7) is 4.11. The summed E-state index contributed by atoms with van der Waals surface area (Å²) in [5.74, 6) is 2.34. The van der Waals surface area contributed by atoms with Crippen LogP contribution in [0.15, 0.2) is 54.6 Å². The van der Waals surface area contributed by atoms with Crippen LogP contribution in [0.1, 0.15) is 11.1 Å². The first-order valence-corrected chi connectivity index (χ1v) is 6.99. The van der Waals surface area contributed by atoms with Crippen LogP contribution in [0.25, 0.3) is 10.8 Å². The van der Waals surface area contributed by atoms with Gasteiger partial charge in [0.1, 0.15) is 5.75 Å². The summed E-state index contributed by atoms with van der Waals surface area (Å²) in [6, 6.07) is 18.4. The van der Waals surface area contributed by atoms with Crippen molar-refractivity contribution in [2.24, 2.45) is 0 Å². The van der Waals surface area contributed by atoms with E-state index in [2.05, 4.69) is 31.2 Å². The minimum Gasteiger partial charge on any atom is -0.493 e. The first-order chi connectivity index (χ1) is 10.2. The molecule has 3 aromatic carbocycles. The zero-order chi connectivity index (χ0) is 14.8. The van der Waals surface area contributed by atoms with Crippen molar-refractivity contribution in [3.8, 4) is 17.2 Å². The van der Waals surface area contributed by atoms with E-state index in [4.69, 9.17) is 9.47 Å². The Labute approximate surface area is 124 Å². The van der Waals surface area contributed by atoms with Gasteiger partial charge >= 0.3 is 0 Å². The Kier molecular flexibility index (Phi) is 3.53. The minimum absolute atomic E-state index is 0.735. The van der Waals surface area contributed by atoms with Crippen molar-refractivity contribution in [3.05, 3.63) is 65.7 Å². The molecule has 0 atom stereocenters. The predicted octanol–water partition coefficient (Wildman–Crippen LogP) is 5.26. The van der Waals surface area contributed by atoms with Crippen molar-refractivity contribution in [1.82, 2.24) is 0 Å². The van der Waals surface area contributed by atoms with Crippen molar-refractivity contribution < 1.29 is 9.47 Å². The van der Waals surface area contributed by atoms with Crippen molar-refractivity contribution in [2.75, 3.05) is 7.11 Å². The lowest BCUT2D eigenvalue weighted by atomic mass is 10.1. The number of benzene rings is 3. The number of rotatable bonds is 3. The van der Waals surface area contributed by atoms with Gasteiger partial charge in [0.2, 0.25) is 0 Å². The van der Waals surface area contributed by atoms with Gasteiger partial charge in [-0.15, -0.1) is 0 Å². The fourth-order valence-electron chi connectivity index (χ4n) is 2.48. The fourth-order valence-corrected chi connectivity index (χ4v) is 2.48. The van der Waals surface area contributed by atoms with Crippen molar-refractivity contribution in [3.63, 3.8) is 0 Å². The topological polar surface area (TPSA) is 18.5 Å². The number of hydrogen-bond acceptors (Lipinski definition) is 2. The molecule has 3 aromatic rings. The minimum atomic E-state index is 0.735. The third-order valence-electron chi connectivity index (χ3n) is 3.51. The summed E-state index contributed by atoms with van der Waals surface area (Å²) in [6.07, 6.45) is 0. The summed E-state index contributed by atoms with van der Waals surface area (Å²) in [5, 5.41) is 2.28. The van der Waals surface area contributed by atoms with Crippen LogP contribution in [0, 0.1) is 13.8 Å². The summed E-state index contributed by atoms with van der Waals surface area (Å²) in [4.78, 5) is 0. The predicted molar refractivity (Wildman–Crippen MR) is 86.5 cm³/mol. The molecule has 0 spiro atoms. The number of ether oxygens (including phenoxy) is 2. The second kappa shape index (κ2) is 5.49. The molecule has 0 saturated heterocycles. The SMILES string of the molecule is COc1cc(C)ccc1Oc1cc(C)cc2ccccc12. The smallest absolute Gasteiger partial charge is 0.169 e. The van der Waals surface area contributed by atoms with Gasteiger partial charge in [0.15, 0.2) is 11.5 Å². The maximum atomic E-state index is 6.12. The van der Waals surface area contributed by atoms with Gasteiger partial charge in [-0.05, 0) is 48.6 Å². The standard InChI is InChI=1S/C19H18O2/c1-13-8-9-17(19(11-13)20-3)21-18-12-14(2)10-15-6-4-5-7-16(15)18/h4-12H,1-3H3. The Bertz CT molecular complexity index is 791. The van der Waals surface area contributed by atoms with E-state index in [0.29, 0.717) is 0 Å². The molecule has 0 heterocycles. The fraction of sp³-hybridized carbons (Fsp3) is 0.158. The maximum absolute atomic E-state index is 6.12. The Morgan fingerprint density at radius 2 is 1.48 bits per heavy atom. The molecule has 21 heavy (non-hydrogen) atoms. The average molecular weight is 278 g/mol. The van der Waals surface area contributed by atoms with Crippen molar-refractivity contribution in [1.29, 1.82) is 0 Å². The summed E-state index contributed by atoms with van der Waals surface area (Å²) in [7, 11) is 1.66. The molecular weight excluding hydrogens is 260 g/mol. The first kappa shape index (κ1) is 13.5. The zero-order valence-corrected chi connectivity index (χ0v) is 12.5. The summed E-state index contributed by atoms with van der Waals surface area (Å²) >= 11 is 0. The Hall–Kier alpha value is -2.48. The van der Waals surface area contributed by atoms with E-state index >= 15 is 0 Å². The van der Waals surface area contributed by atoms with E-state index < -0.39 is 0 Å². The van der Waals surface area contributed by atoms with Gasteiger partial charge in [0, 0.05) is 5.39 Å². The molecule has 0 aromatic heterocycles. The second-order valence-electron chi connectivity index (χ2n) is 5.24. The highest BCUT2D eigenvalue weighted by Crippen LogP contribution is 2.36. The van der Waals surface area contributed by atoms with Gasteiger partial charge in [0.05, 0.1) is 7.11 Å². The van der Waals surface area contributed by atoms with Crippen LogP contribution in [0.3, 0.4) is 0 Å². The van der Waals surface area contributed by atoms with Gasteiger partial charge in [-0.1, -0.05) is 36.4 Å². The van der Waals surface area contributed by atoms with Gasteiger partial charge in [-0.2, -0.15) is 0 Å². The summed E-state index contributed by atoms with van der Waals surface area (Å²) < 4.78 is 11.5. The van der Waals surface area contributed by atoms with E-state index in [9.17, 15) is 0 Å². The normalized spacial score (nSPS) is 10.6. The average Bonchev–Trinajstić information content (AvgIpc) is 2.48. The first-order valence-electron chi connectivity index (χ1n) is 6.99. The number of hydrogen-bond donors (Lipinski definition) is 0. The molecule has 0 aliphatic heterocycles. The van der Waals surface area contributed by atoms with Crippen LogP contribution >= 0.6 is 0 Å². The van der Waals surface area contributed by atoms with Crippen LogP contribution in [-0.2, 0) is 0 Å². The molecule has 0 bridgehead atoms. The largest absolute Gasteiger partial charge is 0.493 e. The van der Waals surface area contributed by atoms with Gasteiger partial charge in [-0.3, -0.25) is 0 Å². The maximum Gasteiger partial charge on any atom is 0.169 e. The van der Waals surface area contributed by atoms with E-state index in [-0.39, 0.29) is 0 Å². The Balaban J connectivity index is 2.10. The quantitative estimate of drug-likeness (QED) is 0.650.